The topological polar surface area (TPSA) is 29.1 Å². The Morgan fingerprint density at radius 1 is 1.27 bits per heavy atom. The number of carbonyl (C=O) groups excluding carboxylic acids is 1. The number of amides is 1. The van der Waals surface area contributed by atoms with Crippen LogP contribution >= 0.6 is 31.9 Å². The van der Waals surface area contributed by atoms with Gasteiger partial charge in [-0.05, 0) is 24.1 Å². The van der Waals surface area contributed by atoms with Crippen LogP contribution in [0.15, 0.2) is 27.1 Å². The molecule has 82 valence electrons. The lowest BCUT2D eigenvalue weighted by molar-refractivity contribution is 0.0949. The molecule has 15 heavy (non-hydrogen) atoms. The number of rotatable bonds is 3. The fourth-order valence-corrected chi connectivity index (χ4v) is 2.38. The molecule has 0 atom stereocenters. The normalized spacial score (nSPS) is 10.5. The summed E-state index contributed by atoms with van der Waals surface area (Å²) in [4.78, 5) is 11.7. The highest BCUT2D eigenvalue weighted by molar-refractivity contribution is 9.11. The summed E-state index contributed by atoms with van der Waals surface area (Å²) in [6.07, 6.45) is 0. The molecule has 0 aromatic heterocycles. The van der Waals surface area contributed by atoms with E-state index >= 15 is 0 Å². The van der Waals surface area contributed by atoms with Crippen molar-refractivity contribution in [2.45, 2.75) is 13.8 Å². The predicted octanol–water partition coefficient (Wildman–Crippen LogP) is 3.60. The van der Waals surface area contributed by atoms with Gasteiger partial charge in [-0.25, -0.2) is 0 Å². The van der Waals surface area contributed by atoms with Gasteiger partial charge in [0.15, 0.2) is 0 Å². The number of benzene rings is 1. The second-order valence-corrected chi connectivity index (χ2v) is 5.59. The van der Waals surface area contributed by atoms with Gasteiger partial charge in [0.25, 0.3) is 5.91 Å². The molecule has 0 saturated heterocycles. The molecular weight excluding hydrogens is 322 g/mol. The molecule has 0 aliphatic carbocycles. The predicted molar refractivity (Wildman–Crippen MR) is 69.0 cm³/mol. The van der Waals surface area contributed by atoms with Crippen molar-refractivity contribution >= 4 is 37.8 Å². The third-order valence-corrected chi connectivity index (χ3v) is 2.71. The molecule has 1 aromatic rings. The minimum absolute atomic E-state index is 0.0364. The van der Waals surface area contributed by atoms with E-state index in [1.54, 1.807) is 12.1 Å². The summed E-state index contributed by atoms with van der Waals surface area (Å²) in [5, 5.41) is 2.87. The van der Waals surface area contributed by atoms with Gasteiger partial charge in [-0.1, -0.05) is 45.7 Å². The summed E-state index contributed by atoms with van der Waals surface area (Å²) in [6.45, 7) is 4.83. The van der Waals surface area contributed by atoms with Crippen LogP contribution in [0.3, 0.4) is 0 Å². The van der Waals surface area contributed by atoms with Gasteiger partial charge in [-0.3, -0.25) is 4.79 Å². The third-order valence-electron chi connectivity index (χ3n) is 1.80. The van der Waals surface area contributed by atoms with Gasteiger partial charge >= 0.3 is 0 Å². The van der Waals surface area contributed by atoms with Crippen molar-refractivity contribution in [3.05, 3.63) is 32.7 Å². The van der Waals surface area contributed by atoms with Crippen molar-refractivity contribution in [3.8, 4) is 0 Å². The van der Waals surface area contributed by atoms with Crippen LogP contribution in [0, 0.1) is 5.92 Å². The lowest BCUT2D eigenvalue weighted by atomic mass is 10.2. The SMILES string of the molecule is CC(C)CNC(=O)c1cc(Br)cc(Br)c1. The Balaban J connectivity index is 2.73. The Labute approximate surface area is 107 Å². The van der Waals surface area contributed by atoms with Gasteiger partial charge < -0.3 is 5.32 Å². The quantitative estimate of drug-likeness (QED) is 0.899. The van der Waals surface area contributed by atoms with Crippen LogP contribution < -0.4 is 5.32 Å². The molecule has 1 amide bonds. The average Bonchev–Trinajstić information content (AvgIpc) is 2.12. The Morgan fingerprint density at radius 2 is 1.80 bits per heavy atom. The Kier molecular flexibility index (Phi) is 4.80. The maximum absolute atomic E-state index is 11.7. The van der Waals surface area contributed by atoms with Crippen LogP contribution in [-0.2, 0) is 0 Å². The monoisotopic (exact) mass is 333 g/mol. The third kappa shape index (κ3) is 4.34. The van der Waals surface area contributed by atoms with E-state index in [1.807, 2.05) is 6.07 Å². The maximum atomic E-state index is 11.7. The van der Waals surface area contributed by atoms with Crippen molar-refractivity contribution in [1.82, 2.24) is 5.32 Å². The number of nitrogens with one attached hydrogen (secondary N) is 1. The molecule has 0 aliphatic heterocycles. The highest BCUT2D eigenvalue weighted by atomic mass is 79.9. The molecule has 0 saturated carbocycles. The first kappa shape index (κ1) is 12.7. The molecule has 1 N–H and O–H groups in total. The fraction of sp³-hybridized carbons (Fsp3) is 0.364. The van der Waals surface area contributed by atoms with E-state index < -0.39 is 0 Å². The van der Waals surface area contributed by atoms with Crippen molar-refractivity contribution in [3.63, 3.8) is 0 Å². The van der Waals surface area contributed by atoms with Crippen molar-refractivity contribution < 1.29 is 4.79 Å². The Hall–Kier alpha value is -0.350. The zero-order chi connectivity index (χ0) is 11.4. The van der Waals surface area contributed by atoms with Gasteiger partial charge in [0, 0.05) is 21.1 Å². The van der Waals surface area contributed by atoms with Crippen molar-refractivity contribution in [2.24, 2.45) is 5.92 Å². The maximum Gasteiger partial charge on any atom is 0.251 e. The summed E-state index contributed by atoms with van der Waals surface area (Å²) in [5.41, 5.74) is 0.664. The lowest BCUT2D eigenvalue weighted by Crippen LogP contribution is -2.27. The Bertz CT molecular complexity index is 343. The molecule has 1 aromatic carbocycles. The molecule has 0 aliphatic rings. The zero-order valence-electron chi connectivity index (χ0n) is 8.68. The summed E-state index contributed by atoms with van der Waals surface area (Å²) in [5.74, 6) is 0.426. The first-order chi connectivity index (χ1) is 6.99. The van der Waals surface area contributed by atoms with Crippen LogP contribution in [0.5, 0.6) is 0 Å². The molecule has 1 rings (SSSR count). The van der Waals surface area contributed by atoms with Crippen LogP contribution in [0.4, 0.5) is 0 Å². The van der Waals surface area contributed by atoms with Crippen LogP contribution in [0.1, 0.15) is 24.2 Å². The van der Waals surface area contributed by atoms with Gasteiger partial charge in [0.1, 0.15) is 0 Å². The van der Waals surface area contributed by atoms with Gasteiger partial charge in [0.05, 0.1) is 0 Å². The fourth-order valence-electron chi connectivity index (χ4n) is 1.08. The first-order valence-electron chi connectivity index (χ1n) is 4.73. The summed E-state index contributed by atoms with van der Waals surface area (Å²) < 4.78 is 1.79. The molecule has 2 nitrogen and oxygen atoms in total. The molecular formula is C11H13Br2NO. The molecule has 0 spiro atoms. The zero-order valence-corrected chi connectivity index (χ0v) is 11.9. The van der Waals surface area contributed by atoms with Crippen LogP contribution in [0.2, 0.25) is 0 Å². The van der Waals surface area contributed by atoms with E-state index in [0.29, 0.717) is 18.0 Å². The molecule has 0 heterocycles. The number of halogens is 2. The summed E-state index contributed by atoms with van der Waals surface area (Å²) in [7, 11) is 0. The van der Waals surface area contributed by atoms with Crippen LogP contribution in [-0.4, -0.2) is 12.5 Å². The number of hydrogen-bond acceptors (Lipinski definition) is 1. The second kappa shape index (κ2) is 5.66. The van der Waals surface area contributed by atoms with Gasteiger partial charge in [0.2, 0.25) is 0 Å². The van der Waals surface area contributed by atoms with Crippen molar-refractivity contribution in [2.75, 3.05) is 6.54 Å². The van der Waals surface area contributed by atoms with Crippen LogP contribution in [0.25, 0.3) is 0 Å². The Morgan fingerprint density at radius 3 is 2.27 bits per heavy atom. The smallest absolute Gasteiger partial charge is 0.251 e. The molecule has 4 heteroatoms. The minimum atomic E-state index is -0.0364. The highest BCUT2D eigenvalue weighted by Crippen LogP contribution is 2.19. The van der Waals surface area contributed by atoms with Crippen molar-refractivity contribution in [1.29, 1.82) is 0 Å². The first-order valence-corrected chi connectivity index (χ1v) is 6.32. The highest BCUT2D eigenvalue weighted by Gasteiger charge is 2.07. The number of carbonyl (C=O) groups is 1. The second-order valence-electron chi connectivity index (χ2n) is 3.76. The average molecular weight is 335 g/mol. The van der Waals surface area contributed by atoms with E-state index in [1.165, 1.54) is 0 Å². The molecule has 0 unspecified atom stereocenters. The van der Waals surface area contributed by atoms with E-state index in [9.17, 15) is 4.79 Å². The summed E-state index contributed by atoms with van der Waals surface area (Å²) in [6, 6.07) is 5.51. The largest absolute Gasteiger partial charge is 0.352 e. The van der Waals surface area contributed by atoms with E-state index in [4.69, 9.17) is 0 Å². The summed E-state index contributed by atoms with van der Waals surface area (Å²) >= 11 is 6.70. The van der Waals surface area contributed by atoms with E-state index in [0.717, 1.165) is 8.95 Å². The standard InChI is InChI=1S/C11H13Br2NO/c1-7(2)6-14-11(15)8-3-9(12)5-10(13)4-8/h3-5,7H,6H2,1-2H3,(H,14,15). The molecule has 0 radical (unpaired) electrons. The van der Waals surface area contributed by atoms with Gasteiger partial charge in [-0.15, -0.1) is 0 Å². The minimum Gasteiger partial charge on any atom is -0.352 e. The number of hydrogen-bond donors (Lipinski definition) is 1. The van der Waals surface area contributed by atoms with Gasteiger partial charge in [-0.2, -0.15) is 0 Å². The van der Waals surface area contributed by atoms with E-state index in [2.05, 4.69) is 51.0 Å². The molecule has 0 fully saturated rings. The molecule has 0 bridgehead atoms. The lowest BCUT2D eigenvalue weighted by Gasteiger charge is -2.08. The van der Waals surface area contributed by atoms with E-state index in [-0.39, 0.29) is 5.91 Å².